The molecule has 0 spiro atoms. The molecule has 1 unspecified atom stereocenters. The zero-order valence-corrected chi connectivity index (χ0v) is 14.9. The van der Waals surface area contributed by atoms with Crippen LogP contribution in [0.1, 0.15) is 37.8 Å². The fraction of sp³-hybridized carbons (Fsp3) is 0.556. The molecular weight excluding hydrogens is 354 g/mol. The van der Waals surface area contributed by atoms with Gasteiger partial charge in [0.2, 0.25) is 0 Å². The molecule has 1 aliphatic carbocycles. The highest BCUT2D eigenvalue weighted by Crippen LogP contribution is 2.32. The van der Waals surface area contributed by atoms with E-state index < -0.39 is 0 Å². The van der Waals surface area contributed by atoms with Crippen molar-refractivity contribution in [3.8, 4) is 0 Å². The number of piperidine rings is 1. The van der Waals surface area contributed by atoms with Crippen LogP contribution < -0.4 is 10.5 Å². The van der Waals surface area contributed by atoms with Crippen LogP contribution in [0.25, 0.3) is 5.65 Å². The quantitative estimate of drug-likeness (QED) is 0.870. The SMILES string of the molecule is O=c1cc(C[NH+]2CC[C@H]3CCCC[C@@H]3C2)nc2ccc(Br)cn12. The first-order valence-corrected chi connectivity index (χ1v) is 9.50. The molecule has 3 atom stereocenters. The molecule has 1 saturated heterocycles. The maximum Gasteiger partial charge on any atom is 0.258 e. The topological polar surface area (TPSA) is 38.8 Å². The number of hydrogen-bond donors (Lipinski definition) is 1. The molecule has 1 saturated carbocycles. The number of hydrogen-bond acceptors (Lipinski definition) is 2. The molecule has 0 aromatic carbocycles. The summed E-state index contributed by atoms with van der Waals surface area (Å²) >= 11 is 3.41. The highest BCUT2D eigenvalue weighted by atomic mass is 79.9. The highest BCUT2D eigenvalue weighted by molar-refractivity contribution is 9.10. The van der Waals surface area contributed by atoms with Gasteiger partial charge in [0.1, 0.15) is 17.9 Å². The first kappa shape index (κ1) is 15.3. The van der Waals surface area contributed by atoms with Crippen molar-refractivity contribution in [1.82, 2.24) is 9.38 Å². The second-order valence-corrected chi connectivity index (χ2v) is 8.05. The molecule has 1 N–H and O–H groups in total. The minimum atomic E-state index is 0.0123. The van der Waals surface area contributed by atoms with Crippen LogP contribution in [-0.2, 0) is 6.54 Å². The third-order valence-electron chi connectivity index (χ3n) is 5.59. The number of rotatable bonds is 2. The summed E-state index contributed by atoms with van der Waals surface area (Å²) in [4.78, 5) is 18.6. The van der Waals surface area contributed by atoms with E-state index in [1.807, 2.05) is 12.1 Å². The van der Waals surface area contributed by atoms with Crippen LogP contribution in [0.3, 0.4) is 0 Å². The van der Waals surface area contributed by atoms with E-state index in [9.17, 15) is 4.79 Å². The smallest absolute Gasteiger partial charge is 0.258 e. The molecule has 0 bridgehead atoms. The normalized spacial score (nSPS) is 27.8. The van der Waals surface area contributed by atoms with E-state index >= 15 is 0 Å². The second kappa shape index (κ2) is 6.36. The predicted octanol–water partition coefficient (Wildman–Crippen LogP) is 2.05. The van der Waals surface area contributed by atoms with Gasteiger partial charge in [0, 0.05) is 22.7 Å². The summed E-state index contributed by atoms with van der Waals surface area (Å²) in [6.07, 6.45) is 8.79. The molecular formula is C18H23BrN3O+. The summed E-state index contributed by atoms with van der Waals surface area (Å²) in [7, 11) is 0. The van der Waals surface area contributed by atoms with E-state index in [2.05, 4.69) is 15.9 Å². The van der Waals surface area contributed by atoms with Crippen molar-refractivity contribution in [2.45, 2.75) is 38.6 Å². The number of fused-ring (bicyclic) bond motifs is 2. The lowest BCUT2D eigenvalue weighted by atomic mass is 9.75. The summed E-state index contributed by atoms with van der Waals surface area (Å²) in [6.45, 7) is 3.36. The third-order valence-corrected chi connectivity index (χ3v) is 6.06. The molecule has 1 aliphatic heterocycles. The third kappa shape index (κ3) is 3.22. The van der Waals surface area contributed by atoms with Crippen LogP contribution in [0.4, 0.5) is 0 Å². The lowest BCUT2D eigenvalue weighted by Gasteiger charge is -2.38. The summed E-state index contributed by atoms with van der Waals surface area (Å²) in [6, 6.07) is 5.54. The van der Waals surface area contributed by atoms with E-state index in [0.717, 1.165) is 34.2 Å². The number of pyridine rings is 1. The average Bonchev–Trinajstić information content (AvgIpc) is 2.55. The molecule has 5 heteroatoms. The van der Waals surface area contributed by atoms with Gasteiger partial charge in [-0.05, 0) is 53.2 Å². The zero-order valence-electron chi connectivity index (χ0n) is 13.3. The largest absolute Gasteiger partial charge is 0.330 e. The van der Waals surface area contributed by atoms with Crippen molar-refractivity contribution < 1.29 is 4.90 Å². The fourth-order valence-electron chi connectivity index (χ4n) is 4.43. The van der Waals surface area contributed by atoms with Gasteiger partial charge in [-0.15, -0.1) is 0 Å². The van der Waals surface area contributed by atoms with Crippen LogP contribution in [0.15, 0.2) is 33.7 Å². The second-order valence-electron chi connectivity index (χ2n) is 7.14. The average molecular weight is 377 g/mol. The van der Waals surface area contributed by atoms with Gasteiger partial charge in [0.15, 0.2) is 0 Å². The molecule has 3 heterocycles. The number of nitrogens with zero attached hydrogens (tertiary/aromatic N) is 2. The summed E-state index contributed by atoms with van der Waals surface area (Å²) in [5.74, 6) is 1.85. The Hall–Kier alpha value is -1.20. The number of likely N-dealkylation sites (tertiary alicyclic amines) is 1. The maximum absolute atomic E-state index is 12.3. The van der Waals surface area contributed by atoms with Crippen molar-refractivity contribution >= 4 is 21.6 Å². The first-order chi connectivity index (χ1) is 11.2. The summed E-state index contributed by atoms with van der Waals surface area (Å²) in [5, 5.41) is 0. The van der Waals surface area contributed by atoms with Gasteiger partial charge in [0.05, 0.1) is 13.1 Å². The molecule has 0 radical (unpaired) electrons. The number of nitrogens with one attached hydrogen (secondary N) is 1. The molecule has 23 heavy (non-hydrogen) atoms. The number of quaternary nitrogens is 1. The molecule has 4 nitrogen and oxygen atoms in total. The van der Waals surface area contributed by atoms with Crippen LogP contribution in [-0.4, -0.2) is 22.5 Å². The minimum absolute atomic E-state index is 0.0123. The molecule has 122 valence electrons. The van der Waals surface area contributed by atoms with E-state index in [0.29, 0.717) is 0 Å². The molecule has 2 aromatic rings. The molecule has 2 aromatic heterocycles. The van der Waals surface area contributed by atoms with Gasteiger partial charge in [-0.1, -0.05) is 12.8 Å². The molecule has 2 aliphatic rings. The van der Waals surface area contributed by atoms with Crippen molar-refractivity contribution in [2.75, 3.05) is 13.1 Å². The predicted molar refractivity (Wildman–Crippen MR) is 93.6 cm³/mol. The lowest BCUT2D eigenvalue weighted by molar-refractivity contribution is -0.924. The van der Waals surface area contributed by atoms with Crippen LogP contribution >= 0.6 is 15.9 Å². The van der Waals surface area contributed by atoms with Gasteiger partial charge in [-0.25, -0.2) is 4.98 Å². The lowest BCUT2D eigenvalue weighted by Crippen LogP contribution is -3.12. The fourth-order valence-corrected chi connectivity index (χ4v) is 4.77. The van der Waals surface area contributed by atoms with Gasteiger partial charge >= 0.3 is 0 Å². The van der Waals surface area contributed by atoms with Crippen LogP contribution in [0, 0.1) is 11.8 Å². The Morgan fingerprint density at radius 2 is 2.04 bits per heavy atom. The minimum Gasteiger partial charge on any atom is -0.330 e. The van der Waals surface area contributed by atoms with E-state index in [1.54, 1.807) is 21.6 Å². The van der Waals surface area contributed by atoms with Crippen molar-refractivity contribution in [1.29, 1.82) is 0 Å². The monoisotopic (exact) mass is 376 g/mol. The first-order valence-electron chi connectivity index (χ1n) is 8.70. The Balaban J connectivity index is 1.53. The number of halogens is 1. The Morgan fingerprint density at radius 1 is 1.22 bits per heavy atom. The van der Waals surface area contributed by atoms with E-state index in [-0.39, 0.29) is 5.56 Å². The Bertz CT molecular complexity index is 772. The standard InChI is InChI=1S/C18H22BrN3O/c19-15-5-6-17-20-16(9-18(23)22(17)11-15)12-21-8-7-13-3-1-2-4-14(13)10-21/h5-6,9,11,13-14H,1-4,7-8,10,12H2/p+1/t13-,14-/m1/s1. The molecule has 4 rings (SSSR count). The van der Waals surface area contributed by atoms with E-state index in [4.69, 9.17) is 4.98 Å². The summed E-state index contributed by atoms with van der Waals surface area (Å²) in [5.41, 5.74) is 1.68. The summed E-state index contributed by atoms with van der Waals surface area (Å²) < 4.78 is 2.50. The highest BCUT2D eigenvalue weighted by Gasteiger charge is 2.33. The Labute approximate surface area is 144 Å². The Morgan fingerprint density at radius 3 is 2.91 bits per heavy atom. The zero-order chi connectivity index (χ0) is 15.8. The van der Waals surface area contributed by atoms with Gasteiger partial charge in [-0.2, -0.15) is 0 Å². The number of aromatic nitrogens is 2. The maximum atomic E-state index is 12.3. The van der Waals surface area contributed by atoms with Crippen molar-refractivity contribution in [3.05, 3.63) is 44.9 Å². The van der Waals surface area contributed by atoms with Crippen molar-refractivity contribution in [2.24, 2.45) is 11.8 Å². The van der Waals surface area contributed by atoms with Gasteiger partial charge in [-0.3, -0.25) is 9.20 Å². The van der Waals surface area contributed by atoms with Crippen molar-refractivity contribution in [3.63, 3.8) is 0 Å². The van der Waals surface area contributed by atoms with Crippen LogP contribution in [0.2, 0.25) is 0 Å². The van der Waals surface area contributed by atoms with Gasteiger partial charge in [0.25, 0.3) is 5.56 Å². The van der Waals surface area contributed by atoms with Gasteiger partial charge < -0.3 is 4.90 Å². The van der Waals surface area contributed by atoms with E-state index in [1.165, 1.54) is 45.2 Å². The molecule has 0 amide bonds. The molecule has 2 fully saturated rings. The Kier molecular flexibility index (Phi) is 4.24. The van der Waals surface area contributed by atoms with Crippen LogP contribution in [0.5, 0.6) is 0 Å².